The summed E-state index contributed by atoms with van der Waals surface area (Å²) in [7, 11) is 0. The number of halogens is 2. The van der Waals surface area contributed by atoms with Gasteiger partial charge in [-0.3, -0.25) is 14.9 Å². The first-order chi connectivity index (χ1) is 11.5. The van der Waals surface area contributed by atoms with Gasteiger partial charge in [0.25, 0.3) is 5.69 Å². The van der Waals surface area contributed by atoms with Gasteiger partial charge in [0.05, 0.1) is 11.3 Å². The lowest BCUT2D eigenvalue weighted by molar-refractivity contribution is -0.384. The number of hydrogen-bond donors (Lipinski definition) is 1. The summed E-state index contributed by atoms with van der Waals surface area (Å²) in [6.45, 7) is 2.69. The van der Waals surface area contributed by atoms with Crippen LogP contribution in [-0.2, 0) is 11.2 Å². The van der Waals surface area contributed by atoms with Crippen LogP contribution in [0.25, 0.3) is 0 Å². The molecule has 2 aliphatic rings. The molecule has 8 heteroatoms. The molecule has 1 aliphatic heterocycles. The standard InChI is InChI=1S/C17H22BrN3O3.ClH/c18-16-10-15(21(23)24)4-3-13(16)9-17(22)20-7-5-14(6-8-20)19-11-12-1-2-12;/h3-4,10,12,14,19H,1-2,5-9,11H2;1H. The van der Waals surface area contributed by atoms with Gasteiger partial charge in [0, 0.05) is 35.7 Å². The van der Waals surface area contributed by atoms with Crippen molar-refractivity contribution < 1.29 is 9.72 Å². The first-order valence-electron chi connectivity index (χ1n) is 8.47. The van der Waals surface area contributed by atoms with Crippen LogP contribution in [0.5, 0.6) is 0 Å². The molecule has 138 valence electrons. The average molecular weight is 433 g/mol. The summed E-state index contributed by atoms with van der Waals surface area (Å²) in [5, 5.41) is 14.4. The maximum atomic E-state index is 12.5. The fraction of sp³-hybridized carbons (Fsp3) is 0.588. The molecule has 0 bridgehead atoms. The minimum absolute atomic E-state index is 0. The molecule has 6 nitrogen and oxygen atoms in total. The number of carbonyl (C=O) groups excluding carboxylic acids is 1. The minimum Gasteiger partial charge on any atom is -0.342 e. The second-order valence-corrected chi connectivity index (χ2v) is 7.57. The van der Waals surface area contributed by atoms with Crippen LogP contribution < -0.4 is 5.32 Å². The molecule has 3 rings (SSSR count). The summed E-state index contributed by atoms with van der Waals surface area (Å²) < 4.78 is 0.617. The van der Waals surface area contributed by atoms with Crippen molar-refractivity contribution in [2.75, 3.05) is 19.6 Å². The number of carbonyl (C=O) groups is 1. The molecule has 0 aromatic heterocycles. The predicted octanol–water partition coefficient (Wildman–Crippen LogP) is 3.31. The zero-order chi connectivity index (χ0) is 17.1. The first-order valence-corrected chi connectivity index (χ1v) is 9.26. The topological polar surface area (TPSA) is 75.5 Å². The molecule has 0 spiro atoms. The number of nitrogens with one attached hydrogen (secondary N) is 1. The Morgan fingerprint density at radius 1 is 1.28 bits per heavy atom. The van der Waals surface area contributed by atoms with Crippen molar-refractivity contribution in [3.8, 4) is 0 Å². The highest BCUT2D eigenvalue weighted by atomic mass is 79.9. The normalized spacial score (nSPS) is 17.9. The van der Waals surface area contributed by atoms with Crippen molar-refractivity contribution in [3.05, 3.63) is 38.3 Å². The number of piperidine rings is 1. The number of rotatable bonds is 6. The Morgan fingerprint density at radius 2 is 1.96 bits per heavy atom. The molecular formula is C17H23BrClN3O3. The fourth-order valence-corrected chi connectivity index (χ4v) is 3.56. The Kier molecular flexibility index (Phi) is 7.22. The molecule has 1 aromatic carbocycles. The highest BCUT2D eigenvalue weighted by Gasteiger charge is 2.26. The lowest BCUT2D eigenvalue weighted by Gasteiger charge is -2.32. The van der Waals surface area contributed by atoms with Crippen molar-refractivity contribution in [3.63, 3.8) is 0 Å². The van der Waals surface area contributed by atoms with Gasteiger partial charge in [-0.1, -0.05) is 22.0 Å². The molecule has 2 fully saturated rings. The summed E-state index contributed by atoms with van der Waals surface area (Å²) in [6.07, 6.45) is 4.99. The van der Waals surface area contributed by atoms with E-state index in [1.807, 2.05) is 4.90 Å². The molecule has 1 aliphatic carbocycles. The van der Waals surface area contributed by atoms with Crippen LogP contribution in [0.3, 0.4) is 0 Å². The third-order valence-electron chi connectivity index (χ3n) is 4.83. The number of non-ortho nitro benzene ring substituents is 1. The molecule has 25 heavy (non-hydrogen) atoms. The van der Waals surface area contributed by atoms with Crippen LogP contribution in [0.2, 0.25) is 0 Å². The number of nitrogens with zero attached hydrogens (tertiary/aromatic N) is 2. The van der Waals surface area contributed by atoms with E-state index in [2.05, 4.69) is 21.2 Å². The SMILES string of the molecule is Cl.O=C(Cc1ccc([N+](=O)[O-])cc1Br)N1CCC(NCC2CC2)CC1. The molecule has 0 unspecified atom stereocenters. The van der Waals surface area contributed by atoms with Gasteiger partial charge in [0.15, 0.2) is 0 Å². The monoisotopic (exact) mass is 431 g/mol. The van der Waals surface area contributed by atoms with E-state index >= 15 is 0 Å². The molecule has 1 saturated carbocycles. The van der Waals surface area contributed by atoms with Crippen molar-refractivity contribution in [1.29, 1.82) is 0 Å². The quantitative estimate of drug-likeness (QED) is 0.553. The zero-order valence-electron chi connectivity index (χ0n) is 13.9. The van der Waals surface area contributed by atoms with E-state index in [-0.39, 0.29) is 30.4 Å². The molecular weight excluding hydrogens is 410 g/mol. The molecule has 0 radical (unpaired) electrons. The second kappa shape index (κ2) is 8.96. The van der Waals surface area contributed by atoms with Gasteiger partial charge < -0.3 is 10.2 Å². The molecule has 1 heterocycles. The van der Waals surface area contributed by atoms with Crippen LogP contribution in [0.4, 0.5) is 5.69 Å². The Morgan fingerprint density at radius 3 is 2.52 bits per heavy atom. The first kappa shape index (κ1) is 20.1. The van der Waals surface area contributed by atoms with E-state index in [1.165, 1.54) is 25.0 Å². The fourth-order valence-electron chi connectivity index (χ4n) is 3.06. The number of benzene rings is 1. The maximum absolute atomic E-state index is 12.5. The van der Waals surface area contributed by atoms with Crippen LogP contribution in [-0.4, -0.2) is 41.4 Å². The number of hydrogen-bond acceptors (Lipinski definition) is 4. The highest BCUT2D eigenvalue weighted by molar-refractivity contribution is 9.10. The number of nitro benzene ring substituents is 1. The lowest BCUT2D eigenvalue weighted by atomic mass is 10.0. The predicted molar refractivity (Wildman–Crippen MR) is 102 cm³/mol. The van der Waals surface area contributed by atoms with Gasteiger partial charge in [-0.05, 0) is 43.7 Å². The van der Waals surface area contributed by atoms with Gasteiger partial charge >= 0.3 is 0 Å². The van der Waals surface area contributed by atoms with E-state index in [4.69, 9.17) is 0 Å². The largest absolute Gasteiger partial charge is 0.342 e. The van der Waals surface area contributed by atoms with Crippen LogP contribution in [0, 0.1) is 16.0 Å². The van der Waals surface area contributed by atoms with E-state index in [0.717, 1.165) is 44.0 Å². The molecule has 1 amide bonds. The van der Waals surface area contributed by atoms with Gasteiger partial charge in [-0.25, -0.2) is 0 Å². The van der Waals surface area contributed by atoms with Crippen LogP contribution in [0.15, 0.2) is 22.7 Å². The Bertz CT molecular complexity index is 632. The summed E-state index contributed by atoms with van der Waals surface area (Å²) in [5.74, 6) is 0.967. The smallest absolute Gasteiger partial charge is 0.270 e. The lowest BCUT2D eigenvalue weighted by Crippen LogP contribution is -2.45. The molecule has 1 N–H and O–H groups in total. The molecule has 0 atom stereocenters. The van der Waals surface area contributed by atoms with E-state index < -0.39 is 4.92 Å². The zero-order valence-corrected chi connectivity index (χ0v) is 16.4. The van der Waals surface area contributed by atoms with Gasteiger partial charge in [-0.15, -0.1) is 12.4 Å². The second-order valence-electron chi connectivity index (χ2n) is 6.72. The van der Waals surface area contributed by atoms with Gasteiger partial charge in [0.2, 0.25) is 5.91 Å². The van der Waals surface area contributed by atoms with E-state index in [0.29, 0.717) is 10.5 Å². The maximum Gasteiger partial charge on any atom is 0.270 e. The highest BCUT2D eigenvalue weighted by Crippen LogP contribution is 2.28. The van der Waals surface area contributed by atoms with Gasteiger partial charge in [0.1, 0.15) is 0 Å². The van der Waals surface area contributed by atoms with Crippen LogP contribution in [0.1, 0.15) is 31.2 Å². The molecule has 1 saturated heterocycles. The number of amides is 1. The number of likely N-dealkylation sites (tertiary alicyclic amines) is 1. The van der Waals surface area contributed by atoms with Crippen molar-refractivity contribution in [1.82, 2.24) is 10.2 Å². The van der Waals surface area contributed by atoms with Crippen molar-refractivity contribution >= 4 is 39.9 Å². The van der Waals surface area contributed by atoms with E-state index in [1.54, 1.807) is 6.07 Å². The van der Waals surface area contributed by atoms with Gasteiger partial charge in [-0.2, -0.15) is 0 Å². The summed E-state index contributed by atoms with van der Waals surface area (Å²) in [4.78, 5) is 24.7. The third kappa shape index (κ3) is 5.66. The summed E-state index contributed by atoms with van der Waals surface area (Å²) in [5.41, 5.74) is 0.820. The number of nitro groups is 1. The van der Waals surface area contributed by atoms with E-state index in [9.17, 15) is 14.9 Å². The van der Waals surface area contributed by atoms with Crippen LogP contribution >= 0.6 is 28.3 Å². The third-order valence-corrected chi connectivity index (χ3v) is 5.57. The van der Waals surface area contributed by atoms with Crippen molar-refractivity contribution in [2.24, 2.45) is 5.92 Å². The minimum atomic E-state index is -0.435. The average Bonchev–Trinajstić information content (AvgIpc) is 3.39. The Hall–Kier alpha value is -1.18. The summed E-state index contributed by atoms with van der Waals surface area (Å²) >= 11 is 3.33. The van der Waals surface area contributed by atoms with Crippen molar-refractivity contribution in [2.45, 2.75) is 38.1 Å². The Balaban J connectivity index is 0.00000225. The summed E-state index contributed by atoms with van der Waals surface area (Å²) in [6, 6.07) is 5.09. The molecule has 1 aromatic rings. The Labute approximate surface area is 162 Å².